The molecule has 1 saturated carbocycles. The molecule has 20 heavy (non-hydrogen) atoms. The second-order valence-corrected chi connectivity index (χ2v) is 6.07. The maximum atomic E-state index is 10.1. The molecule has 2 N–H and O–H groups in total. The highest BCUT2D eigenvalue weighted by Gasteiger charge is 2.48. The molecule has 0 aromatic rings. The highest BCUT2D eigenvalue weighted by Crippen LogP contribution is 2.44. The van der Waals surface area contributed by atoms with Crippen LogP contribution in [-0.2, 0) is 9.47 Å². The van der Waals surface area contributed by atoms with Gasteiger partial charge in [-0.3, -0.25) is 0 Å². The first-order chi connectivity index (χ1) is 9.65. The van der Waals surface area contributed by atoms with Crippen molar-refractivity contribution in [2.24, 2.45) is 11.8 Å². The monoisotopic (exact) mass is 284 g/mol. The van der Waals surface area contributed by atoms with Gasteiger partial charge in [0, 0.05) is 25.9 Å². The van der Waals surface area contributed by atoms with Crippen LogP contribution in [0.5, 0.6) is 0 Å². The SMILES string of the molecule is CCCCC[C@@H](O)/C=C/[C@@H]1[C@H]2C[C@H](OC)O[C@H]2C[C@H]1O. The van der Waals surface area contributed by atoms with Gasteiger partial charge in [0.05, 0.1) is 18.3 Å². The third kappa shape index (κ3) is 3.82. The summed E-state index contributed by atoms with van der Waals surface area (Å²) in [6, 6.07) is 0. The lowest BCUT2D eigenvalue weighted by atomic mass is 9.91. The molecule has 0 aromatic heterocycles. The highest BCUT2D eigenvalue weighted by atomic mass is 16.7. The van der Waals surface area contributed by atoms with Crippen LogP contribution in [0.15, 0.2) is 12.2 Å². The predicted octanol–water partition coefficient (Wildman–Crippen LogP) is 2.24. The Morgan fingerprint density at radius 2 is 2.15 bits per heavy atom. The first kappa shape index (κ1) is 16.0. The Balaban J connectivity index is 1.84. The highest BCUT2D eigenvalue weighted by molar-refractivity contribution is 5.06. The molecule has 1 aliphatic carbocycles. The van der Waals surface area contributed by atoms with E-state index in [4.69, 9.17) is 9.47 Å². The minimum atomic E-state index is -0.395. The Morgan fingerprint density at radius 1 is 1.35 bits per heavy atom. The molecule has 2 rings (SSSR count). The lowest BCUT2D eigenvalue weighted by molar-refractivity contribution is -0.118. The fraction of sp³-hybridized carbons (Fsp3) is 0.875. The first-order valence-corrected chi connectivity index (χ1v) is 7.88. The Bertz CT molecular complexity index is 318. The molecule has 116 valence electrons. The van der Waals surface area contributed by atoms with Crippen molar-refractivity contribution in [1.29, 1.82) is 0 Å². The van der Waals surface area contributed by atoms with E-state index in [1.54, 1.807) is 7.11 Å². The van der Waals surface area contributed by atoms with Crippen LogP contribution in [0, 0.1) is 11.8 Å². The number of aliphatic hydroxyl groups is 2. The molecular weight excluding hydrogens is 256 g/mol. The Hall–Kier alpha value is -0.420. The molecule has 2 aliphatic rings. The van der Waals surface area contributed by atoms with Crippen LogP contribution in [0.2, 0.25) is 0 Å². The maximum absolute atomic E-state index is 10.1. The van der Waals surface area contributed by atoms with Gasteiger partial charge in [0.1, 0.15) is 0 Å². The zero-order valence-electron chi connectivity index (χ0n) is 12.6. The number of fused-ring (bicyclic) bond motifs is 1. The normalized spacial score (nSPS) is 38.5. The number of ether oxygens (including phenoxy) is 2. The Morgan fingerprint density at radius 3 is 2.85 bits per heavy atom. The van der Waals surface area contributed by atoms with Crippen molar-refractivity contribution in [2.45, 2.75) is 70.1 Å². The van der Waals surface area contributed by atoms with E-state index in [0.717, 1.165) is 32.1 Å². The zero-order valence-corrected chi connectivity index (χ0v) is 12.6. The summed E-state index contributed by atoms with van der Waals surface area (Å²) in [7, 11) is 1.66. The van der Waals surface area contributed by atoms with Crippen LogP contribution in [0.4, 0.5) is 0 Å². The van der Waals surface area contributed by atoms with E-state index >= 15 is 0 Å². The summed E-state index contributed by atoms with van der Waals surface area (Å²) >= 11 is 0. The van der Waals surface area contributed by atoms with E-state index in [1.165, 1.54) is 0 Å². The van der Waals surface area contributed by atoms with Gasteiger partial charge in [-0.2, -0.15) is 0 Å². The van der Waals surface area contributed by atoms with Crippen molar-refractivity contribution in [3.8, 4) is 0 Å². The summed E-state index contributed by atoms with van der Waals surface area (Å²) in [6.45, 7) is 2.16. The lowest BCUT2D eigenvalue weighted by Gasteiger charge is -2.17. The smallest absolute Gasteiger partial charge is 0.157 e. The largest absolute Gasteiger partial charge is 0.392 e. The summed E-state index contributed by atoms with van der Waals surface area (Å²) in [5.74, 6) is 0.398. The fourth-order valence-corrected chi connectivity index (χ4v) is 3.42. The molecule has 4 heteroatoms. The van der Waals surface area contributed by atoms with Crippen LogP contribution in [0.1, 0.15) is 45.4 Å². The molecule has 1 saturated heterocycles. The van der Waals surface area contributed by atoms with Gasteiger partial charge in [-0.1, -0.05) is 38.3 Å². The number of hydrogen-bond acceptors (Lipinski definition) is 4. The maximum Gasteiger partial charge on any atom is 0.157 e. The Kier molecular flexibility index (Phi) is 6.02. The molecule has 0 unspecified atom stereocenters. The molecule has 0 radical (unpaired) electrons. The number of unbranched alkanes of at least 4 members (excludes halogenated alkanes) is 2. The van der Waals surface area contributed by atoms with Crippen molar-refractivity contribution >= 4 is 0 Å². The van der Waals surface area contributed by atoms with E-state index in [9.17, 15) is 10.2 Å². The van der Waals surface area contributed by atoms with Crippen LogP contribution >= 0.6 is 0 Å². The van der Waals surface area contributed by atoms with Gasteiger partial charge in [0.2, 0.25) is 0 Å². The third-order valence-electron chi connectivity index (χ3n) is 4.60. The van der Waals surface area contributed by atoms with Gasteiger partial charge in [-0.05, 0) is 12.3 Å². The molecule has 0 amide bonds. The summed E-state index contributed by atoms with van der Waals surface area (Å²) in [6.07, 6.45) is 8.74. The third-order valence-corrected chi connectivity index (χ3v) is 4.60. The minimum Gasteiger partial charge on any atom is -0.392 e. The van der Waals surface area contributed by atoms with E-state index < -0.39 is 6.10 Å². The van der Waals surface area contributed by atoms with E-state index in [-0.39, 0.29) is 24.4 Å². The molecule has 2 fully saturated rings. The summed E-state index contributed by atoms with van der Waals surface area (Å²) < 4.78 is 11.0. The molecule has 0 spiro atoms. The minimum absolute atomic E-state index is 0.0842. The summed E-state index contributed by atoms with van der Waals surface area (Å²) in [5, 5.41) is 20.1. The number of aliphatic hydroxyl groups excluding tert-OH is 2. The molecule has 4 nitrogen and oxygen atoms in total. The quantitative estimate of drug-likeness (QED) is 0.556. The van der Waals surface area contributed by atoms with Crippen molar-refractivity contribution in [2.75, 3.05) is 7.11 Å². The van der Waals surface area contributed by atoms with Crippen molar-refractivity contribution < 1.29 is 19.7 Å². The van der Waals surface area contributed by atoms with Crippen molar-refractivity contribution in [1.82, 2.24) is 0 Å². The van der Waals surface area contributed by atoms with Crippen LogP contribution in [0.25, 0.3) is 0 Å². The van der Waals surface area contributed by atoms with Gasteiger partial charge in [-0.15, -0.1) is 0 Å². The van der Waals surface area contributed by atoms with E-state index in [1.807, 2.05) is 12.2 Å². The predicted molar refractivity (Wildman–Crippen MR) is 77.2 cm³/mol. The molecule has 1 heterocycles. The molecule has 1 aliphatic heterocycles. The summed E-state index contributed by atoms with van der Waals surface area (Å²) in [5.41, 5.74) is 0. The van der Waals surface area contributed by atoms with Gasteiger partial charge >= 0.3 is 0 Å². The van der Waals surface area contributed by atoms with Gasteiger partial charge in [0.15, 0.2) is 6.29 Å². The van der Waals surface area contributed by atoms with Crippen molar-refractivity contribution in [3.63, 3.8) is 0 Å². The second-order valence-electron chi connectivity index (χ2n) is 6.07. The average Bonchev–Trinajstić information content (AvgIpc) is 2.93. The molecular formula is C16H28O4. The van der Waals surface area contributed by atoms with Crippen LogP contribution < -0.4 is 0 Å². The first-order valence-electron chi connectivity index (χ1n) is 7.88. The Labute approximate surface area is 121 Å². The molecule has 0 bridgehead atoms. The van der Waals surface area contributed by atoms with Crippen LogP contribution in [-0.4, -0.2) is 41.9 Å². The van der Waals surface area contributed by atoms with Gasteiger partial charge in [0.25, 0.3) is 0 Å². The van der Waals surface area contributed by atoms with Crippen molar-refractivity contribution in [3.05, 3.63) is 12.2 Å². The number of hydrogen-bond donors (Lipinski definition) is 2. The summed E-state index contributed by atoms with van der Waals surface area (Å²) in [4.78, 5) is 0. The van der Waals surface area contributed by atoms with Gasteiger partial charge in [-0.25, -0.2) is 0 Å². The van der Waals surface area contributed by atoms with E-state index in [2.05, 4.69) is 6.92 Å². The topological polar surface area (TPSA) is 58.9 Å². The molecule has 6 atom stereocenters. The number of methoxy groups -OCH3 is 1. The van der Waals surface area contributed by atoms with E-state index in [0.29, 0.717) is 12.3 Å². The number of rotatable bonds is 7. The molecule has 0 aromatic carbocycles. The van der Waals surface area contributed by atoms with Gasteiger partial charge < -0.3 is 19.7 Å². The standard InChI is InChI=1S/C16H28O4/c1-3-4-5-6-11(17)7-8-12-13-9-16(19-2)20-15(13)10-14(12)18/h7-8,11-18H,3-6,9-10H2,1-2H3/b8-7+/t11-,12-,13-,14-,15+,16-/m1/s1. The fourth-order valence-electron chi connectivity index (χ4n) is 3.42. The average molecular weight is 284 g/mol. The second kappa shape index (κ2) is 7.55. The zero-order chi connectivity index (χ0) is 14.5. The lowest BCUT2D eigenvalue weighted by Crippen LogP contribution is -2.19. The van der Waals surface area contributed by atoms with Crippen LogP contribution in [0.3, 0.4) is 0 Å².